The van der Waals surface area contributed by atoms with Crippen molar-refractivity contribution in [3.63, 3.8) is 0 Å². The third-order valence-electron chi connectivity index (χ3n) is 4.68. The highest BCUT2D eigenvalue weighted by Crippen LogP contribution is 2.53. The van der Waals surface area contributed by atoms with Crippen molar-refractivity contribution in [1.82, 2.24) is 0 Å². The van der Waals surface area contributed by atoms with E-state index in [1.807, 2.05) is 24.3 Å². The van der Waals surface area contributed by atoms with Crippen LogP contribution in [0.5, 0.6) is 0 Å². The number of benzene rings is 2. The molecule has 2 heterocycles. The second-order valence-corrected chi connectivity index (χ2v) is 8.42. The highest BCUT2D eigenvalue weighted by Gasteiger charge is 2.51. The summed E-state index contributed by atoms with van der Waals surface area (Å²) in [6, 6.07) is 21.3. The van der Waals surface area contributed by atoms with Gasteiger partial charge in [-0.1, -0.05) is 36.4 Å². The number of rotatable bonds is 2. The first-order valence-electron chi connectivity index (χ1n) is 7.58. The molecular formula is C19H14N2S2. The summed E-state index contributed by atoms with van der Waals surface area (Å²) >= 11 is 3.40. The van der Waals surface area contributed by atoms with E-state index in [0.29, 0.717) is 0 Å². The fraction of sp³-hybridized carbons (Fsp3) is 0.263. The summed E-state index contributed by atoms with van der Waals surface area (Å²) in [5, 5.41) is 19.9. The number of nitriles is 2. The molecule has 0 spiro atoms. The van der Waals surface area contributed by atoms with E-state index in [1.54, 1.807) is 23.5 Å². The molecule has 2 aliphatic heterocycles. The summed E-state index contributed by atoms with van der Waals surface area (Å²) in [5.41, 5.74) is 1.56. The van der Waals surface area contributed by atoms with Gasteiger partial charge < -0.3 is 0 Å². The molecule has 4 rings (SSSR count). The molecular weight excluding hydrogens is 320 g/mol. The van der Waals surface area contributed by atoms with Crippen molar-refractivity contribution >= 4 is 23.5 Å². The normalized spacial score (nSPS) is 22.0. The van der Waals surface area contributed by atoms with E-state index >= 15 is 0 Å². The van der Waals surface area contributed by atoms with Gasteiger partial charge in [-0.25, -0.2) is 0 Å². The summed E-state index contributed by atoms with van der Waals surface area (Å²) in [6.45, 7) is 0. The number of thioether (sulfide) groups is 2. The summed E-state index contributed by atoms with van der Waals surface area (Å²) in [5.74, 6) is 0. The maximum Gasteiger partial charge on any atom is 0.168 e. The van der Waals surface area contributed by atoms with Crippen molar-refractivity contribution in [2.24, 2.45) is 5.41 Å². The van der Waals surface area contributed by atoms with Crippen LogP contribution in [0.25, 0.3) is 0 Å². The number of nitrogens with zero attached hydrogens (tertiary/aromatic N) is 2. The van der Waals surface area contributed by atoms with Gasteiger partial charge in [-0.3, -0.25) is 0 Å². The lowest BCUT2D eigenvalue weighted by molar-refractivity contribution is 0.475. The van der Waals surface area contributed by atoms with Crippen molar-refractivity contribution in [1.29, 1.82) is 10.5 Å². The van der Waals surface area contributed by atoms with Crippen molar-refractivity contribution in [3.8, 4) is 12.1 Å². The molecule has 2 nitrogen and oxygen atoms in total. The molecule has 0 aromatic heterocycles. The van der Waals surface area contributed by atoms with Gasteiger partial charge >= 0.3 is 0 Å². The minimum atomic E-state index is -0.965. The molecule has 4 heteroatoms. The van der Waals surface area contributed by atoms with Crippen LogP contribution in [-0.4, -0.2) is 10.5 Å². The molecule has 23 heavy (non-hydrogen) atoms. The van der Waals surface area contributed by atoms with Gasteiger partial charge in [0.1, 0.15) is 0 Å². The van der Waals surface area contributed by atoms with Gasteiger partial charge in [0, 0.05) is 20.3 Å². The molecule has 2 aliphatic rings. The summed E-state index contributed by atoms with van der Waals surface area (Å²) in [7, 11) is 0. The molecule has 0 saturated carbocycles. The smallest absolute Gasteiger partial charge is 0.168 e. The van der Waals surface area contributed by atoms with Crippen LogP contribution in [0.3, 0.4) is 0 Å². The number of hydrogen-bond donors (Lipinski definition) is 0. The van der Waals surface area contributed by atoms with E-state index in [9.17, 15) is 10.5 Å². The van der Waals surface area contributed by atoms with Crippen LogP contribution in [0.1, 0.15) is 11.1 Å². The summed E-state index contributed by atoms with van der Waals surface area (Å²) in [6.07, 6.45) is 1.60. The number of hydrogen-bond acceptors (Lipinski definition) is 4. The Labute approximate surface area is 144 Å². The Morgan fingerprint density at radius 3 is 1.61 bits per heavy atom. The second kappa shape index (κ2) is 5.64. The van der Waals surface area contributed by atoms with Crippen LogP contribution in [-0.2, 0) is 12.8 Å². The average molecular weight is 334 g/mol. The van der Waals surface area contributed by atoms with Gasteiger partial charge in [-0.15, -0.1) is 23.5 Å². The van der Waals surface area contributed by atoms with Crippen molar-refractivity contribution in [2.75, 3.05) is 0 Å². The number of fused-ring (bicyclic) bond motifs is 2. The molecule has 0 saturated heterocycles. The molecule has 2 unspecified atom stereocenters. The fourth-order valence-electron chi connectivity index (χ4n) is 3.39. The Morgan fingerprint density at radius 1 is 0.783 bits per heavy atom. The second-order valence-electron chi connectivity index (χ2n) is 5.93. The standard InChI is InChI=1S/C19H14N2S2/c20-11-19(12-21,17-9-13-5-1-3-7-15(13)22-17)18-10-14-6-2-4-8-16(14)23-18/h1-8,17-18H,9-10H2. The van der Waals surface area contributed by atoms with Crippen molar-refractivity contribution < 1.29 is 0 Å². The van der Waals surface area contributed by atoms with E-state index in [-0.39, 0.29) is 10.5 Å². The summed E-state index contributed by atoms with van der Waals surface area (Å²) < 4.78 is 0. The first kappa shape index (κ1) is 14.7. The first-order chi connectivity index (χ1) is 11.3. The fourth-order valence-corrected chi connectivity index (χ4v) is 6.45. The van der Waals surface area contributed by atoms with Crippen LogP contribution >= 0.6 is 23.5 Å². The molecule has 2 aromatic rings. The predicted molar refractivity (Wildman–Crippen MR) is 93.2 cm³/mol. The van der Waals surface area contributed by atoms with E-state index in [0.717, 1.165) is 12.8 Å². The predicted octanol–water partition coefficient (Wildman–Crippen LogP) is 4.45. The molecule has 2 aromatic carbocycles. The van der Waals surface area contributed by atoms with Crippen LogP contribution in [0.2, 0.25) is 0 Å². The lowest BCUT2D eigenvalue weighted by Crippen LogP contribution is -2.39. The van der Waals surface area contributed by atoms with Gasteiger partial charge in [0.05, 0.1) is 12.1 Å². The van der Waals surface area contributed by atoms with E-state index < -0.39 is 5.41 Å². The zero-order valence-corrected chi connectivity index (χ0v) is 14.0. The van der Waals surface area contributed by atoms with Crippen molar-refractivity contribution in [3.05, 3.63) is 59.7 Å². The zero-order chi connectivity index (χ0) is 15.9. The molecule has 0 N–H and O–H groups in total. The Kier molecular flexibility index (Phi) is 3.60. The minimum Gasteiger partial charge on any atom is -0.196 e. The molecule has 2 atom stereocenters. The highest BCUT2D eigenvalue weighted by atomic mass is 32.2. The molecule has 112 valence electrons. The third kappa shape index (κ3) is 2.26. The highest BCUT2D eigenvalue weighted by molar-refractivity contribution is 8.01. The van der Waals surface area contributed by atoms with Crippen LogP contribution in [0.4, 0.5) is 0 Å². The van der Waals surface area contributed by atoms with Crippen molar-refractivity contribution in [2.45, 2.75) is 33.1 Å². The van der Waals surface area contributed by atoms with Gasteiger partial charge in [0.25, 0.3) is 0 Å². The topological polar surface area (TPSA) is 47.6 Å². The van der Waals surface area contributed by atoms with E-state index in [4.69, 9.17) is 0 Å². The third-order valence-corrected chi connectivity index (χ3v) is 7.63. The quantitative estimate of drug-likeness (QED) is 0.814. The Balaban J connectivity index is 1.67. The lowest BCUT2D eigenvalue weighted by Gasteiger charge is -2.30. The average Bonchev–Trinajstić information content (AvgIpc) is 3.21. The Bertz CT molecular complexity index is 725. The lowest BCUT2D eigenvalue weighted by atomic mass is 9.79. The maximum atomic E-state index is 9.96. The van der Waals surface area contributed by atoms with Crippen LogP contribution in [0.15, 0.2) is 58.3 Å². The van der Waals surface area contributed by atoms with E-state index in [2.05, 4.69) is 36.4 Å². The van der Waals surface area contributed by atoms with Gasteiger partial charge in [0.15, 0.2) is 5.41 Å². The Hall–Kier alpha value is -1.88. The summed E-state index contributed by atoms with van der Waals surface area (Å²) in [4.78, 5) is 2.43. The van der Waals surface area contributed by atoms with Gasteiger partial charge in [-0.05, 0) is 36.1 Å². The zero-order valence-electron chi connectivity index (χ0n) is 12.4. The van der Waals surface area contributed by atoms with Crippen LogP contribution < -0.4 is 0 Å². The molecule has 0 fully saturated rings. The van der Waals surface area contributed by atoms with Gasteiger partial charge in [0.2, 0.25) is 0 Å². The molecule has 0 aliphatic carbocycles. The molecule has 0 amide bonds. The monoisotopic (exact) mass is 334 g/mol. The Morgan fingerprint density at radius 2 is 1.22 bits per heavy atom. The minimum absolute atomic E-state index is 0.00159. The SMILES string of the molecule is N#CC(C#N)(C1Cc2ccccc2S1)C1Cc2ccccc2S1. The largest absolute Gasteiger partial charge is 0.196 e. The molecule has 0 radical (unpaired) electrons. The first-order valence-corrected chi connectivity index (χ1v) is 9.34. The maximum absolute atomic E-state index is 9.96. The van der Waals surface area contributed by atoms with Gasteiger partial charge in [-0.2, -0.15) is 10.5 Å². The van der Waals surface area contributed by atoms with Crippen LogP contribution in [0, 0.1) is 28.1 Å². The molecule has 0 bridgehead atoms. The van der Waals surface area contributed by atoms with E-state index in [1.165, 1.54) is 20.9 Å².